The quantitative estimate of drug-likeness (QED) is 0.850. The average molecular weight is 317 g/mol. The van der Waals surface area contributed by atoms with Gasteiger partial charge in [-0.2, -0.15) is 0 Å². The predicted octanol–water partition coefficient (Wildman–Crippen LogP) is 2.24. The number of amides is 1. The Balaban J connectivity index is 2.49. The second kappa shape index (κ2) is 4.09. The summed E-state index contributed by atoms with van der Waals surface area (Å²) in [6.07, 6.45) is 0.0690. The number of benzene rings is 1. The van der Waals surface area contributed by atoms with Gasteiger partial charge in [0.15, 0.2) is 0 Å². The molecular formula is C11H12INO2. The van der Waals surface area contributed by atoms with Crippen LogP contribution in [0.1, 0.15) is 34.5 Å². The number of hydrogen-bond acceptors (Lipinski definition) is 2. The third-order valence-electron chi connectivity index (χ3n) is 2.68. The van der Waals surface area contributed by atoms with Crippen molar-refractivity contribution in [3.8, 4) is 0 Å². The molecule has 1 amide bonds. The highest BCUT2D eigenvalue weighted by Crippen LogP contribution is 2.27. The van der Waals surface area contributed by atoms with Crippen LogP contribution in [0.3, 0.4) is 0 Å². The maximum atomic E-state index is 11.5. The molecule has 1 aliphatic rings. The molecule has 0 bridgehead atoms. The highest BCUT2D eigenvalue weighted by Gasteiger charge is 2.23. The molecule has 0 aromatic heterocycles. The summed E-state index contributed by atoms with van der Waals surface area (Å²) in [6, 6.07) is 4.06. The molecule has 1 aliphatic heterocycles. The van der Waals surface area contributed by atoms with E-state index in [1.54, 1.807) is 7.11 Å². The van der Waals surface area contributed by atoms with E-state index in [9.17, 15) is 4.79 Å². The average Bonchev–Trinajstić information content (AvgIpc) is 2.59. The third-order valence-corrected chi connectivity index (χ3v) is 3.53. The number of rotatable bonds is 2. The summed E-state index contributed by atoms with van der Waals surface area (Å²) in [5.41, 5.74) is 3.02. The van der Waals surface area contributed by atoms with Crippen LogP contribution in [0.25, 0.3) is 0 Å². The first kappa shape index (κ1) is 10.9. The van der Waals surface area contributed by atoms with Crippen molar-refractivity contribution in [1.29, 1.82) is 0 Å². The molecule has 1 heterocycles. The number of carbonyl (C=O) groups excluding carboxylic acids is 1. The van der Waals surface area contributed by atoms with E-state index in [1.807, 2.05) is 19.1 Å². The minimum Gasteiger partial charge on any atom is -0.377 e. The summed E-state index contributed by atoms with van der Waals surface area (Å²) in [6.45, 7) is 2.64. The van der Waals surface area contributed by atoms with Gasteiger partial charge in [0.1, 0.15) is 0 Å². The summed E-state index contributed by atoms with van der Waals surface area (Å²) in [4.78, 5) is 11.5. The first-order valence-electron chi connectivity index (χ1n) is 4.76. The Morgan fingerprint density at radius 2 is 2.27 bits per heavy atom. The summed E-state index contributed by atoms with van der Waals surface area (Å²) < 4.78 is 6.27. The van der Waals surface area contributed by atoms with Crippen LogP contribution in [0.4, 0.5) is 0 Å². The van der Waals surface area contributed by atoms with Crippen molar-refractivity contribution in [2.75, 3.05) is 7.11 Å². The van der Waals surface area contributed by atoms with Gasteiger partial charge in [-0.3, -0.25) is 4.79 Å². The number of fused-ring (bicyclic) bond motifs is 1. The number of ether oxygens (including phenoxy) is 1. The Morgan fingerprint density at radius 3 is 2.93 bits per heavy atom. The third kappa shape index (κ3) is 1.88. The van der Waals surface area contributed by atoms with Crippen molar-refractivity contribution in [3.05, 3.63) is 32.4 Å². The van der Waals surface area contributed by atoms with E-state index in [-0.39, 0.29) is 12.0 Å². The molecule has 1 N–H and O–H groups in total. The minimum atomic E-state index is 0.0334. The molecule has 4 heteroatoms. The Hall–Kier alpha value is -0.620. The van der Waals surface area contributed by atoms with Crippen LogP contribution in [0.5, 0.6) is 0 Å². The standard InChI is InChI=1S/C11H12INO2/c1-6(15-2)7-3-8-5-13-11(14)10(8)9(12)4-7/h3-4,6H,5H2,1-2H3,(H,13,14)/t6-/m1/s1. The van der Waals surface area contributed by atoms with E-state index in [1.165, 1.54) is 0 Å². The second-order valence-electron chi connectivity index (χ2n) is 3.60. The monoisotopic (exact) mass is 317 g/mol. The van der Waals surface area contributed by atoms with Crippen LogP contribution < -0.4 is 5.32 Å². The first-order valence-corrected chi connectivity index (χ1v) is 5.84. The van der Waals surface area contributed by atoms with Crippen LogP contribution in [0.15, 0.2) is 12.1 Å². The molecule has 0 fully saturated rings. The van der Waals surface area contributed by atoms with Gasteiger partial charge >= 0.3 is 0 Å². The molecule has 0 spiro atoms. The van der Waals surface area contributed by atoms with Gasteiger partial charge in [-0.05, 0) is 46.7 Å². The molecular weight excluding hydrogens is 305 g/mol. The highest BCUT2D eigenvalue weighted by atomic mass is 127. The van der Waals surface area contributed by atoms with Crippen LogP contribution in [0.2, 0.25) is 0 Å². The molecule has 0 radical (unpaired) electrons. The summed E-state index contributed by atoms with van der Waals surface area (Å²) in [7, 11) is 1.69. The fourth-order valence-corrected chi connectivity index (χ4v) is 2.67. The summed E-state index contributed by atoms with van der Waals surface area (Å²) >= 11 is 2.20. The van der Waals surface area contributed by atoms with Crippen LogP contribution >= 0.6 is 22.6 Å². The lowest BCUT2D eigenvalue weighted by molar-refractivity contribution is 0.0964. The fourth-order valence-electron chi connectivity index (χ4n) is 1.72. The molecule has 2 rings (SSSR count). The topological polar surface area (TPSA) is 38.3 Å². The molecule has 0 aliphatic carbocycles. The maximum Gasteiger partial charge on any atom is 0.252 e. The van der Waals surface area contributed by atoms with Crippen molar-refractivity contribution in [2.24, 2.45) is 0 Å². The van der Waals surface area contributed by atoms with Crippen LogP contribution in [0, 0.1) is 3.57 Å². The molecule has 1 aromatic carbocycles. The molecule has 1 atom stereocenters. The lowest BCUT2D eigenvalue weighted by atomic mass is 10.0. The van der Waals surface area contributed by atoms with Gasteiger partial charge in [0.25, 0.3) is 5.91 Å². The number of halogens is 1. The van der Waals surface area contributed by atoms with Crippen molar-refractivity contribution in [2.45, 2.75) is 19.6 Å². The molecule has 80 valence electrons. The molecule has 0 unspecified atom stereocenters. The van der Waals surface area contributed by atoms with E-state index in [0.29, 0.717) is 6.54 Å². The van der Waals surface area contributed by atoms with E-state index in [2.05, 4.69) is 27.9 Å². The van der Waals surface area contributed by atoms with Gasteiger partial charge in [0.05, 0.1) is 11.7 Å². The smallest absolute Gasteiger partial charge is 0.252 e. The molecule has 15 heavy (non-hydrogen) atoms. The zero-order chi connectivity index (χ0) is 11.0. The highest BCUT2D eigenvalue weighted by molar-refractivity contribution is 14.1. The zero-order valence-electron chi connectivity index (χ0n) is 8.63. The van der Waals surface area contributed by atoms with Crippen molar-refractivity contribution < 1.29 is 9.53 Å². The van der Waals surface area contributed by atoms with Crippen molar-refractivity contribution >= 4 is 28.5 Å². The van der Waals surface area contributed by atoms with E-state index < -0.39 is 0 Å². The van der Waals surface area contributed by atoms with Gasteiger partial charge in [0.2, 0.25) is 0 Å². The normalized spacial score (nSPS) is 16.1. The van der Waals surface area contributed by atoms with Gasteiger partial charge in [-0.1, -0.05) is 6.07 Å². The van der Waals surface area contributed by atoms with Crippen LogP contribution in [-0.4, -0.2) is 13.0 Å². The Labute approximate surface area is 102 Å². The maximum absolute atomic E-state index is 11.5. The van der Waals surface area contributed by atoms with E-state index in [4.69, 9.17) is 4.74 Å². The Morgan fingerprint density at radius 1 is 1.53 bits per heavy atom. The summed E-state index contributed by atoms with van der Waals surface area (Å²) in [5.74, 6) is 0.0334. The van der Waals surface area contributed by atoms with E-state index >= 15 is 0 Å². The second-order valence-corrected chi connectivity index (χ2v) is 4.76. The van der Waals surface area contributed by atoms with Gasteiger partial charge in [-0.15, -0.1) is 0 Å². The van der Waals surface area contributed by atoms with Crippen LogP contribution in [-0.2, 0) is 11.3 Å². The lowest BCUT2D eigenvalue weighted by Gasteiger charge is -2.12. The number of hydrogen-bond donors (Lipinski definition) is 1. The SMILES string of the molecule is CO[C@H](C)c1cc(I)c2c(c1)CNC2=O. The zero-order valence-corrected chi connectivity index (χ0v) is 10.8. The minimum absolute atomic E-state index is 0.0334. The van der Waals surface area contributed by atoms with Crippen molar-refractivity contribution in [1.82, 2.24) is 5.32 Å². The number of carbonyl (C=O) groups is 1. The number of nitrogens with one attached hydrogen (secondary N) is 1. The summed E-state index contributed by atoms with van der Waals surface area (Å²) in [5, 5.41) is 2.83. The van der Waals surface area contributed by atoms with Gasteiger partial charge in [0, 0.05) is 17.2 Å². The Kier molecular flexibility index (Phi) is 2.97. The van der Waals surface area contributed by atoms with E-state index in [0.717, 1.165) is 20.3 Å². The molecule has 3 nitrogen and oxygen atoms in total. The Bertz CT molecular complexity index is 417. The molecule has 0 saturated carbocycles. The van der Waals surface area contributed by atoms with Crippen molar-refractivity contribution in [3.63, 3.8) is 0 Å². The molecule has 1 aromatic rings. The number of methoxy groups -OCH3 is 1. The fraction of sp³-hybridized carbons (Fsp3) is 0.364. The first-order chi connectivity index (χ1) is 7.13. The largest absolute Gasteiger partial charge is 0.377 e. The van der Waals surface area contributed by atoms with Gasteiger partial charge < -0.3 is 10.1 Å². The van der Waals surface area contributed by atoms with Gasteiger partial charge in [-0.25, -0.2) is 0 Å². The molecule has 0 saturated heterocycles. The lowest BCUT2D eigenvalue weighted by Crippen LogP contribution is -2.13. The predicted molar refractivity (Wildman–Crippen MR) is 65.8 cm³/mol.